The molecular formula is C15H17N3O2. The highest BCUT2D eigenvalue weighted by Crippen LogP contribution is 2.04. The predicted molar refractivity (Wildman–Crippen MR) is 76.5 cm³/mol. The number of rotatable bonds is 5. The Morgan fingerprint density at radius 1 is 1.35 bits per heavy atom. The van der Waals surface area contributed by atoms with Crippen molar-refractivity contribution in [2.75, 3.05) is 0 Å². The maximum atomic E-state index is 11.7. The number of hydrogen-bond acceptors (Lipinski definition) is 3. The number of carbonyl (C=O) groups is 1. The largest absolute Gasteiger partial charge is 0.392 e. The first-order valence-corrected chi connectivity index (χ1v) is 6.30. The number of carbonyl (C=O) groups excluding carboxylic acids is 1. The Bertz CT molecular complexity index is 600. The van der Waals surface area contributed by atoms with Crippen LogP contribution in [0.3, 0.4) is 0 Å². The molecule has 5 nitrogen and oxygen atoms in total. The zero-order chi connectivity index (χ0) is 14.4. The summed E-state index contributed by atoms with van der Waals surface area (Å²) >= 11 is 0. The standard InChI is InChI=1S/C15H17N3O2/c1-18-10-14(9-17-18)6-7-15(20)16-8-12-2-4-13(11-19)5-3-12/h2-7,9-10,19H,8,11H2,1H3,(H,16,20)/b7-6+. The summed E-state index contributed by atoms with van der Waals surface area (Å²) in [6.45, 7) is 0.489. The first-order valence-electron chi connectivity index (χ1n) is 6.30. The van der Waals surface area contributed by atoms with E-state index in [0.29, 0.717) is 6.54 Å². The van der Waals surface area contributed by atoms with E-state index in [0.717, 1.165) is 16.7 Å². The van der Waals surface area contributed by atoms with E-state index in [1.165, 1.54) is 6.08 Å². The van der Waals surface area contributed by atoms with Crippen molar-refractivity contribution >= 4 is 12.0 Å². The lowest BCUT2D eigenvalue weighted by Gasteiger charge is -2.03. The molecule has 2 aromatic rings. The molecule has 0 radical (unpaired) electrons. The number of benzene rings is 1. The minimum atomic E-state index is -0.153. The number of amides is 1. The second kappa shape index (κ2) is 6.68. The molecular weight excluding hydrogens is 254 g/mol. The monoisotopic (exact) mass is 271 g/mol. The first-order chi connectivity index (χ1) is 9.67. The van der Waals surface area contributed by atoms with E-state index < -0.39 is 0 Å². The van der Waals surface area contributed by atoms with E-state index in [4.69, 9.17) is 5.11 Å². The molecule has 0 bridgehead atoms. The van der Waals surface area contributed by atoms with Gasteiger partial charge in [0, 0.05) is 31.4 Å². The van der Waals surface area contributed by atoms with Crippen LogP contribution in [-0.2, 0) is 25.0 Å². The third-order valence-corrected chi connectivity index (χ3v) is 2.82. The highest BCUT2D eigenvalue weighted by atomic mass is 16.3. The summed E-state index contributed by atoms with van der Waals surface area (Å²) in [6.07, 6.45) is 6.73. The summed E-state index contributed by atoms with van der Waals surface area (Å²) in [6, 6.07) is 7.45. The van der Waals surface area contributed by atoms with Crippen LogP contribution in [0.2, 0.25) is 0 Å². The molecule has 1 aromatic heterocycles. The topological polar surface area (TPSA) is 67.2 Å². The number of aromatic nitrogens is 2. The molecule has 0 spiro atoms. The van der Waals surface area contributed by atoms with Crippen LogP contribution in [0.5, 0.6) is 0 Å². The van der Waals surface area contributed by atoms with Crippen LogP contribution in [0, 0.1) is 0 Å². The molecule has 0 fully saturated rings. The smallest absolute Gasteiger partial charge is 0.244 e. The molecule has 0 aliphatic heterocycles. The van der Waals surface area contributed by atoms with E-state index in [1.54, 1.807) is 17.0 Å². The molecule has 20 heavy (non-hydrogen) atoms. The van der Waals surface area contributed by atoms with Gasteiger partial charge in [0.15, 0.2) is 0 Å². The van der Waals surface area contributed by atoms with E-state index in [1.807, 2.05) is 37.5 Å². The van der Waals surface area contributed by atoms with Crippen molar-refractivity contribution < 1.29 is 9.90 Å². The Morgan fingerprint density at radius 3 is 2.65 bits per heavy atom. The lowest BCUT2D eigenvalue weighted by atomic mass is 10.1. The minimum absolute atomic E-state index is 0.0283. The van der Waals surface area contributed by atoms with Gasteiger partial charge in [-0.3, -0.25) is 9.48 Å². The van der Waals surface area contributed by atoms with Crippen molar-refractivity contribution in [3.05, 3.63) is 59.4 Å². The average Bonchev–Trinajstić information content (AvgIpc) is 2.89. The number of nitrogens with zero attached hydrogens (tertiary/aromatic N) is 2. The molecule has 0 aliphatic carbocycles. The summed E-state index contributed by atoms with van der Waals surface area (Å²) in [5.74, 6) is -0.153. The average molecular weight is 271 g/mol. The van der Waals surface area contributed by atoms with Crippen molar-refractivity contribution in [2.45, 2.75) is 13.2 Å². The van der Waals surface area contributed by atoms with Gasteiger partial charge in [-0.05, 0) is 17.2 Å². The Morgan fingerprint density at radius 2 is 2.05 bits per heavy atom. The molecule has 1 heterocycles. The second-order valence-corrected chi connectivity index (χ2v) is 4.47. The SMILES string of the molecule is Cn1cc(/C=C/C(=O)NCc2ccc(CO)cc2)cn1. The number of aliphatic hydroxyl groups is 1. The second-order valence-electron chi connectivity index (χ2n) is 4.47. The Hall–Kier alpha value is -2.40. The lowest BCUT2D eigenvalue weighted by Crippen LogP contribution is -2.20. The lowest BCUT2D eigenvalue weighted by molar-refractivity contribution is -0.116. The minimum Gasteiger partial charge on any atom is -0.392 e. The molecule has 104 valence electrons. The summed E-state index contributed by atoms with van der Waals surface area (Å²) in [5, 5.41) is 15.8. The summed E-state index contributed by atoms with van der Waals surface area (Å²) in [7, 11) is 1.83. The summed E-state index contributed by atoms with van der Waals surface area (Å²) < 4.78 is 1.68. The Labute approximate surface area is 117 Å². The molecule has 1 amide bonds. The maximum Gasteiger partial charge on any atom is 0.244 e. The van der Waals surface area contributed by atoms with Crippen LogP contribution in [0.15, 0.2) is 42.7 Å². The fourth-order valence-electron chi connectivity index (χ4n) is 1.71. The van der Waals surface area contributed by atoms with Crippen LogP contribution < -0.4 is 5.32 Å². The predicted octanol–water partition coefficient (Wildman–Crippen LogP) is 1.24. The maximum absolute atomic E-state index is 11.7. The van der Waals surface area contributed by atoms with Gasteiger partial charge in [0.2, 0.25) is 5.91 Å². The van der Waals surface area contributed by atoms with Crippen LogP contribution in [0.25, 0.3) is 6.08 Å². The van der Waals surface area contributed by atoms with Gasteiger partial charge < -0.3 is 10.4 Å². The fourth-order valence-corrected chi connectivity index (χ4v) is 1.71. The summed E-state index contributed by atoms with van der Waals surface area (Å²) in [5.41, 5.74) is 2.73. The van der Waals surface area contributed by atoms with Crippen molar-refractivity contribution in [2.24, 2.45) is 7.05 Å². The number of aryl methyl sites for hydroxylation is 1. The van der Waals surface area contributed by atoms with E-state index in [2.05, 4.69) is 10.4 Å². The highest BCUT2D eigenvalue weighted by molar-refractivity contribution is 5.91. The van der Waals surface area contributed by atoms with Gasteiger partial charge in [0.25, 0.3) is 0 Å². The van der Waals surface area contributed by atoms with Gasteiger partial charge in [0.1, 0.15) is 0 Å². The van der Waals surface area contributed by atoms with E-state index >= 15 is 0 Å². The zero-order valence-electron chi connectivity index (χ0n) is 11.3. The Balaban J connectivity index is 1.83. The zero-order valence-corrected chi connectivity index (χ0v) is 11.3. The van der Waals surface area contributed by atoms with Crippen LogP contribution >= 0.6 is 0 Å². The number of nitrogens with one attached hydrogen (secondary N) is 1. The Kier molecular flexibility index (Phi) is 4.68. The van der Waals surface area contributed by atoms with Gasteiger partial charge in [-0.25, -0.2) is 0 Å². The van der Waals surface area contributed by atoms with Gasteiger partial charge in [-0.15, -0.1) is 0 Å². The first kappa shape index (κ1) is 14.0. The molecule has 0 aliphatic rings. The van der Waals surface area contributed by atoms with Crippen LogP contribution in [0.1, 0.15) is 16.7 Å². The van der Waals surface area contributed by atoms with Crippen LogP contribution in [-0.4, -0.2) is 20.8 Å². The van der Waals surface area contributed by atoms with Gasteiger partial charge in [0.05, 0.1) is 12.8 Å². The molecule has 2 N–H and O–H groups in total. The number of aliphatic hydroxyl groups excluding tert-OH is 1. The quantitative estimate of drug-likeness (QED) is 0.804. The molecule has 2 rings (SSSR count). The number of hydrogen-bond donors (Lipinski definition) is 2. The highest BCUT2D eigenvalue weighted by Gasteiger charge is 1.98. The van der Waals surface area contributed by atoms with Gasteiger partial charge in [-0.1, -0.05) is 24.3 Å². The van der Waals surface area contributed by atoms with Gasteiger partial charge in [-0.2, -0.15) is 5.10 Å². The van der Waals surface area contributed by atoms with E-state index in [-0.39, 0.29) is 12.5 Å². The van der Waals surface area contributed by atoms with Gasteiger partial charge >= 0.3 is 0 Å². The van der Waals surface area contributed by atoms with Crippen LogP contribution in [0.4, 0.5) is 0 Å². The third-order valence-electron chi connectivity index (χ3n) is 2.82. The molecule has 0 saturated carbocycles. The molecule has 0 saturated heterocycles. The van der Waals surface area contributed by atoms with Crippen molar-refractivity contribution in [1.82, 2.24) is 15.1 Å². The molecule has 5 heteroatoms. The normalized spacial score (nSPS) is 10.9. The third kappa shape index (κ3) is 4.07. The molecule has 0 atom stereocenters. The molecule has 1 aromatic carbocycles. The van der Waals surface area contributed by atoms with Crippen molar-refractivity contribution in [3.63, 3.8) is 0 Å². The van der Waals surface area contributed by atoms with Crippen molar-refractivity contribution in [1.29, 1.82) is 0 Å². The summed E-state index contributed by atoms with van der Waals surface area (Å²) in [4.78, 5) is 11.7. The van der Waals surface area contributed by atoms with E-state index in [9.17, 15) is 4.79 Å². The van der Waals surface area contributed by atoms with Crippen molar-refractivity contribution in [3.8, 4) is 0 Å². The molecule has 0 unspecified atom stereocenters. The fraction of sp³-hybridized carbons (Fsp3) is 0.200.